The molecule has 2 amide bonds. The van der Waals surface area contributed by atoms with Crippen LogP contribution in [-0.4, -0.2) is 50.2 Å². The van der Waals surface area contributed by atoms with E-state index in [0.29, 0.717) is 25.8 Å². The number of hydrogen-bond acceptors (Lipinski definition) is 4. The Hall–Kier alpha value is -1.14. The lowest BCUT2D eigenvalue weighted by atomic mass is 10.1. The Labute approximate surface area is 153 Å². The Morgan fingerprint density at radius 2 is 1.60 bits per heavy atom. The number of methoxy groups -OCH3 is 1. The van der Waals surface area contributed by atoms with Crippen molar-refractivity contribution in [3.8, 4) is 0 Å². The van der Waals surface area contributed by atoms with E-state index in [9.17, 15) is 9.59 Å². The molecule has 0 spiro atoms. The van der Waals surface area contributed by atoms with E-state index in [1.165, 1.54) is 0 Å². The molecule has 3 N–H and O–H groups in total. The van der Waals surface area contributed by atoms with Gasteiger partial charge in [0.15, 0.2) is 0 Å². The van der Waals surface area contributed by atoms with Gasteiger partial charge in [-0.1, -0.05) is 26.7 Å². The first-order valence-corrected chi connectivity index (χ1v) is 9.66. The van der Waals surface area contributed by atoms with Gasteiger partial charge in [0.1, 0.15) is 0 Å². The van der Waals surface area contributed by atoms with Gasteiger partial charge in [-0.15, -0.1) is 0 Å². The van der Waals surface area contributed by atoms with E-state index >= 15 is 0 Å². The number of unbranched alkanes of at least 4 members (excludes halogenated alkanes) is 3. The molecule has 0 saturated carbocycles. The molecule has 0 bridgehead atoms. The Kier molecular flexibility index (Phi) is 14.5. The molecule has 0 aliphatic heterocycles. The van der Waals surface area contributed by atoms with E-state index < -0.39 is 0 Å². The molecule has 0 aromatic rings. The fourth-order valence-corrected chi connectivity index (χ4v) is 2.66. The van der Waals surface area contributed by atoms with Gasteiger partial charge in [-0.3, -0.25) is 9.59 Å². The highest BCUT2D eigenvalue weighted by atomic mass is 16.5. The highest BCUT2D eigenvalue weighted by Gasteiger charge is 2.16. The molecule has 0 saturated heterocycles. The SMILES string of the molecule is COCCCCCCNC(=O)CC(CCC(=O)NC(C)C)NC(C)C. The molecule has 25 heavy (non-hydrogen) atoms. The van der Waals surface area contributed by atoms with Gasteiger partial charge in [0.25, 0.3) is 0 Å². The van der Waals surface area contributed by atoms with Gasteiger partial charge < -0.3 is 20.7 Å². The summed E-state index contributed by atoms with van der Waals surface area (Å²) in [6.07, 6.45) is 5.82. The van der Waals surface area contributed by atoms with Gasteiger partial charge in [0.2, 0.25) is 11.8 Å². The first-order chi connectivity index (χ1) is 11.8. The van der Waals surface area contributed by atoms with Crippen molar-refractivity contribution >= 4 is 11.8 Å². The lowest BCUT2D eigenvalue weighted by molar-refractivity contribution is -0.123. The van der Waals surface area contributed by atoms with E-state index in [1.807, 2.05) is 13.8 Å². The number of rotatable bonds is 15. The lowest BCUT2D eigenvalue weighted by Gasteiger charge is -2.21. The predicted molar refractivity (Wildman–Crippen MR) is 103 cm³/mol. The average molecular weight is 358 g/mol. The zero-order valence-corrected chi connectivity index (χ0v) is 16.8. The van der Waals surface area contributed by atoms with Crippen molar-refractivity contribution in [3.63, 3.8) is 0 Å². The number of hydrogen-bond donors (Lipinski definition) is 3. The molecule has 6 nitrogen and oxygen atoms in total. The molecule has 0 heterocycles. The van der Waals surface area contributed by atoms with Crippen molar-refractivity contribution in [3.05, 3.63) is 0 Å². The largest absolute Gasteiger partial charge is 0.385 e. The summed E-state index contributed by atoms with van der Waals surface area (Å²) in [6.45, 7) is 9.53. The topological polar surface area (TPSA) is 79.5 Å². The van der Waals surface area contributed by atoms with Crippen LogP contribution < -0.4 is 16.0 Å². The third-order valence-corrected chi connectivity index (χ3v) is 3.77. The molecule has 0 aromatic heterocycles. The third kappa shape index (κ3) is 16.1. The molecule has 1 unspecified atom stereocenters. The third-order valence-electron chi connectivity index (χ3n) is 3.77. The van der Waals surface area contributed by atoms with Crippen LogP contribution in [0.5, 0.6) is 0 Å². The molecule has 6 heteroatoms. The second-order valence-electron chi connectivity index (χ2n) is 7.24. The lowest BCUT2D eigenvalue weighted by Crippen LogP contribution is -2.40. The van der Waals surface area contributed by atoms with Gasteiger partial charge in [-0.2, -0.15) is 0 Å². The van der Waals surface area contributed by atoms with Crippen LogP contribution in [0, 0.1) is 0 Å². The Balaban J connectivity index is 4.02. The zero-order valence-electron chi connectivity index (χ0n) is 16.8. The number of amides is 2. The summed E-state index contributed by atoms with van der Waals surface area (Å²) in [5, 5.41) is 9.27. The average Bonchev–Trinajstić information content (AvgIpc) is 2.50. The molecular formula is C19H39N3O3. The van der Waals surface area contributed by atoms with Crippen LogP contribution >= 0.6 is 0 Å². The van der Waals surface area contributed by atoms with Crippen LogP contribution in [0.2, 0.25) is 0 Å². The molecule has 0 radical (unpaired) electrons. The van der Waals surface area contributed by atoms with Crippen molar-refractivity contribution < 1.29 is 14.3 Å². The van der Waals surface area contributed by atoms with Crippen LogP contribution in [-0.2, 0) is 14.3 Å². The van der Waals surface area contributed by atoms with E-state index in [-0.39, 0.29) is 29.9 Å². The summed E-state index contributed by atoms with van der Waals surface area (Å²) in [7, 11) is 1.72. The summed E-state index contributed by atoms with van der Waals surface area (Å²) in [4.78, 5) is 23.9. The fourth-order valence-electron chi connectivity index (χ4n) is 2.66. The van der Waals surface area contributed by atoms with Crippen molar-refractivity contribution in [2.45, 2.75) is 90.8 Å². The Bertz CT molecular complexity index is 360. The van der Waals surface area contributed by atoms with Crippen LogP contribution in [0.4, 0.5) is 0 Å². The first kappa shape index (κ1) is 23.9. The normalized spacial score (nSPS) is 12.4. The summed E-state index contributed by atoms with van der Waals surface area (Å²) in [5.41, 5.74) is 0. The second kappa shape index (κ2) is 15.1. The van der Waals surface area contributed by atoms with Gasteiger partial charge in [-0.05, 0) is 33.1 Å². The van der Waals surface area contributed by atoms with E-state index in [1.54, 1.807) is 7.11 Å². The minimum atomic E-state index is 0.0274. The van der Waals surface area contributed by atoms with Crippen molar-refractivity contribution in [1.82, 2.24) is 16.0 Å². The monoisotopic (exact) mass is 357 g/mol. The van der Waals surface area contributed by atoms with E-state index in [4.69, 9.17) is 4.74 Å². The highest BCUT2D eigenvalue weighted by molar-refractivity contribution is 5.77. The molecule has 0 aliphatic rings. The smallest absolute Gasteiger partial charge is 0.221 e. The van der Waals surface area contributed by atoms with E-state index in [2.05, 4.69) is 29.8 Å². The minimum Gasteiger partial charge on any atom is -0.385 e. The van der Waals surface area contributed by atoms with Gasteiger partial charge >= 0.3 is 0 Å². The number of nitrogens with one attached hydrogen (secondary N) is 3. The van der Waals surface area contributed by atoms with Crippen LogP contribution in [0.3, 0.4) is 0 Å². The number of carbonyl (C=O) groups excluding carboxylic acids is 2. The number of carbonyl (C=O) groups is 2. The maximum Gasteiger partial charge on any atom is 0.221 e. The van der Waals surface area contributed by atoms with Crippen LogP contribution in [0.25, 0.3) is 0 Å². The molecule has 148 valence electrons. The van der Waals surface area contributed by atoms with Crippen LogP contribution in [0.15, 0.2) is 0 Å². The maximum atomic E-state index is 12.1. The maximum absolute atomic E-state index is 12.1. The molecule has 1 atom stereocenters. The van der Waals surface area contributed by atoms with Gasteiger partial charge in [-0.25, -0.2) is 0 Å². The fraction of sp³-hybridized carbons (Fsp3) is 0.895. The summed E-state index contributed by atoms with van der Waals surface area (Å²) >= 11 is 0. The summed E-state index contributed by atoms with van der Waals surface area (Å²) < 4.78 is 5.02. The number of ether oxygens (including phenoxy) is 1. The zero-order chi connectivity index (χ0) is 19.1. The molecule has 0 fully saturated rings. The predicted octanol–water partition coefficient (Wildman–Crippen LogP) is 2.37. The summed E-state index contributed by atoms with van der Waals surface area (Å²) in [5.74, 6) is 0.0985. The molecular weight excluding hydrogens is 318 g/mol. The van der Waals surface area contributed by atoms with E-state index in [0.717, 1.165) is 32.3 Å². The first-order valence-electron chi connectivity index (χ1n) is 9.66. The van der Waals surface area contributed by atoms with Crippen LogP contribution in [0.1, 0.15) is 72.6 Å². The van der Waals surface area contributed by atoms with Crippen molar-refractivity contribution in [2.75, 3.05) is 20.3 Å². The van der Waals surface area contributed by atoms with Gasteiger partial charge in [0.05, 0.1) is 0 Å². The Morgan fingerprint density at radius 1 is 0.920 bits per heavy atom. The van der Waals surface area contributed by atoms with Gasteiger partial charge in [0, 0.05) is 51.2 Å². The Morgan fingerprint density at radius 3 is 2.20 bits per heavy atom. The standard InChI is InChI=1S/C19H39N3O3/c1-15(2)21-17(10-11-18(23)22-16(3)4)14-19(24)20-12-8-6-7-9-13-25-5/h15-17,21H,6-14H2,1-5H3,(H,20,24)(H,22,23). The minimum absolute atomic E-state index is 0.0274. The van der Waals surface area contributed by atoms with Crippen molar-refractivity contribution in [2.24, 2.45) is 0 Å². The quantitative estimate of drug-likeness (QED) is 0.393. The molecule has 0 aliphatic carbocycles. The molecule has 0 rings (SSSR count). The highest BCUT2D eigenvalue weighted by Crippen LogP contribution is 2.05. The summed E-state index contributed by atoms with van der Waals surface area (Å²) in [6, 6.07) is 0.461. The second-order valence-corrected chi connectivity index (χ2v) is 7.24. The molecule has 0 aromatic carbocycles. The van der Waals surface area contributed by atoms with Crippen molar-refractivity contribution in [1.29, 1.82) is 0 Å².